The molecule has 0 radical (unpaired) electrons. The topological polar surface area (TPSA) is 40.7 Å². The molecule has 0 saturated carbocycles. The smallest absolute Gasteiger partial charge is 0.124 e. The number of aryl methyl sites for hydroxylation is 1. The van der Waals surface area contributed by atoms with E-state index in [1.807, 2.05) is 13.1 Å². The Morgan fingerprint density at radius 1 is 1.43 bits per heavy atom. The summed E-state index contributed by atoms with van der Waals surface area (Å²) in [5.41, 5.74) is 3.40. The van der Waals surface area contributed by atoms with Gasteiger partial charge in [0, 0.05) is 0 Å². The van der Waals surface area contributed by atoms with Crippen molar-refractivity contribution in [3.63, 3.8) is 0 Å². The van der Waals surface area contributed by atoms with E-state index in [0.717, 1.165) is 16.9 Å². The van der Waals surface area contributed by atoms with Gasteiger partial charge in [-0.05, 0) is 38.6 Å². The molecule has 0 aliphatic rings. The molecule has 1 unspecified atom stereocenters. The van der Waals surface area contributed by atoms with Crippen LogP contribution >= 0.6 is 0 Å². The van der Waals surface area contributed by atoms with Crippen molar-refractivity contribution in [2.24, 2.45) is 0 Å². The van der Waals surface area contributed by atoms with E-state index in [-0.39, 0.29) is 6.04 Å². The number of benzene rings is 1. The maximum absolute atomic E-state index is 4.51. The van der Waals surface area contributed by atoms with Crippen molar-refractivity contribution in [3.05, 3.63) is 29.6 Å². The second kappa shape index (κ2) is 3.42. The van der Waals surface area contributed by atoms with Crippen LogP contribution in [0.5, 0.6) is 0 Å². The third-order valence-electron chi connectivity index (χ3n) is 2.50. The quantitative estimate of drug-likeness (QED) is 0.760. The van der Waals surface area contributed by atoms with E-state index in [1.165, 1.54) is 5.56 Å². The largest absolute Gasteiger partial charge is 0.341 e. The average molecular weight is 189 g/mol. The number of nitrogens with zero attached hydrogens (tertiary/aromatic N) is 1. The number of aromatic nitrogens is 2. The van der Waals surface area contributed by atoms with Crippen LogP contribution in [0.4, 0.5) is 0 Å². The van der Waals surface area contributed by atoms with Crippen molar-refractivity contribution >= 4 is 11.0 Å². The lowest BCUT2D eigenvalue weighted by molar-refractivity contribution is 0.620. The van der Waals surface area contributed by atoms with Crippen molar-refractivity contribution in [2.75, 3.05) is 7.05 Å². The summed E-state index contributed by atoms with van der Waals surface area (Å²) in [6, 6.07) is 6.51. The molecule has 0 saturated heterocycles. The van der Waals surface area contributed by atoms with Gasteiger partial charge in [-0.1, -0.05) is 6.07 Å². The number of hydrogen-bond acceptors (Lipinski definition) is 2. The van der Waals surface area contributed by atoms with E-state index in [9.17, 15) is 0 Å². The lowest BCUT2D eigenvalue weighted by Crippen LogP contribution is -2.13. The fourth-order valence-electron chi connectivity index (χ4n) is 1.48. The molecule has 0 bridgehead atoms. The van der Waals surface area contributed by atoms with E-state index < -0.39 is 0 Å². The number of nitrogens with one attached hydrogen (secondary N) is 2. The van der Waals surface area contributed by atoms with Crippen molar-refractivity contribution in [1.29, 1.82) is 0 Å². The summed E-state index contributed by atoms with van der Waals surface area (Å²) in [7, 11) is 1.93. The summed E-state index contributed by atoms with van der Waals surface area (Å²) in [6.07, 6.45) is 0. The van der Waals surface area contributed by atoms with Crippen molar-refractivity contribution in [1.82, 2.24) is 15.3 Å². The van der Waals surface area contributed by atoms with Crippen LogP contribution in [0.2, 0.25) is 0 Å². The van der Waals surface area contributed by atoms with Gasteiger partial charge in [-0.2, -0.15) is 0 Å². The molecule has 2 rings (SSSR count). The zero-order valence-electron chi connectivity index (χ0n) is 8.76. The third kappa shape index (κ3) is 1.51. The van der Waals surface area contributed by atoms with E-state index in [4.69, 9.17) is 0 Å². The fraction of sp³-hybridized carbons (Fsp3) is 0.364. The summed E-state index contributed by atoms with van der Waals surface area (Å²) in [6.45, 7) is 4.17. The molecule has 1 atom stereocenters. The van der Waals surface area contributed by atoms with Crippen LogP contribution in [0, 0.1) is 6.92 Å². The van der Waals surface area contributed by atoms with Crippen molar-refractivity contribution < 1.29 is 0 Å². The first-order valence-corrected chi connectivity index (χ1v) is 4.84. The summed E-state index contributed by atoms with van der Waals surface area (Å²) in [4.78, 5) is 7.82. The number of imidazole rings is 1. The zero-order valence-corrected chi connectivity index (χ0v) is 8.76. The van der Waals surface area contributed by atoms with Gasteiger partial charge in [0.25, 0.3) is 0 Å². The second-order valence-electron chi connectivity index (χ2n) is 3.65. The molecule has 3 heteroatoms. The first-order chi connectivity index (χ1) is 6.70. The molecule has 1 aromatic carbocycles. The summed E-state index contributed by atoms with van der Waals surface area (Å²) >= 11 is 0. The van der Waals surface area contributed by atoms with Gasteiger partial charge in [-0.15, -0.1) is 0 Å². The summed E-state index contributed by atoms with van der Waals surface area (Å²) in [5, 5.41) is 3.16. The van der Waals surface area contributed by atoms with Crippen LogP contribution in [-0.4, -0.2) is 17.0 Å². The number of aromatic amines is 1. The molecular weight excluding hydrogens is 174 g/mol. The van der Waals surface area contributed by atoms with Gasteiger partial charge in [0.05, 0.1) is 17.1 Å². The molecule has 0 fully saturated rings. The zero-order chi connectivity index (χ0) is 10.1. The molecule has 74 valence electrons. The predicted octanol–water partition coefficient (Wildman–Crippen LogP) is 2.15. The monoisotopic (exact) mass is 189 g/mol. The number of H-pyrrole nitrogens is 1. The van der Waals surface area contributed by atoms with Crippen LogP contribution in [0.3, 0.4) is 0 Å². The Labute approximate surface area is 83.6 Å². The third-order valence-corrected chi connectivity index (χ3v) is 2.50. The van der Waals surface area contributed by atoms with E-state index in [0.29, 0.717) is 0 Å². The Morgan fingerprint density at radius 3 is 2.93 bits per heavy atom. The van der Waals surface area contributed by atoms with Crippen molar-refractivity contribution in [2.45, 2.75) is 19.9 Å². The standard InChI is InChI=1S/C11H15N3/c1-7-4-5-9-10(6-7)14-11(13-9)8(2)12-3/h4-6,8,12H,1-3H3,(H,13,14). The summed E-state index contributed by atoms with van der Waals surface area (Å²) in [5.74, 6) is 0.994. The molecule has 3 nitrogen and oxygen atoms in total. The summed E-state index contributed by atoms with van der Waals surface area (Å²) < 4.78 is 0. The van der Waals surface area contributed by atoms with Crippen LogP contribution < -0.4 is 5.32 Å². The van der Waals surface area contributed by atoms with Gasteiger partial charge in [-0.3, -0.25) is 0 Å². The van der Waals surface area contributed by atoms with Crippen LogP contribution in [0.15, 0.2) is 18.2 Å². The minimum Gasteiger partial charge on any atom is -0.341 e. The highest BCUT2D eigenvalue weighted by Crippen LogP contribution is 2.16. The minimum absolute atomic E-state index is 0.266. The first-order valence-electron chi connectivity index (χ1n) is 4.84. The molecule has 14 heavy (non-hydrogen) atoms. The van der Waals surface area contributed by atoms with Gasteiger partial charge in [0.2, 0.25) is 0 Å². The van der Waals surface area contributed by atoms with Gasteiger partial charge in [0.1, 0.15) is 5.82 Å². The lowest BCUT2D eigenvalue weighted by Gasteiger charge is -2.04. The first kappa shape index (κ1) is 9.21. The molecule has 1 aromatic heterocycles. The highest BCUT2D eigenvalue weighted by atomic mass is 15.0. The van der Waals surface area contributed by atoms with Gasteiger partial charge in [-0.25, -0.2) is 4.98 Å². The van der Waals surface area contributed by atoms with Gasteiger partial charge >= 0.3 is 0 Å². The lowest BCUT2D eigenvalue weighted by atomic mass is 10.2. The van der Waals surface area contributed by atoms with Crippen LogP contribution in [0.25, 0.3) is 11.0 Å². The molecule has 0 aliphatic carbocycles. The Hall–Kier alpha value is -1.35. The fourth-order valence-corrected chi connectivity index (χ4v) is 1.48. The van der Waals surface area contributed by atoms with Crippen LogP contribution in [-0.2, 0) is 0 Å². The Bertz CT molecular complexity index is 445. The molecule has 0 aliphatic heterocycles. The molecule has 2 aromatic rings. The van der Waals surface area contributed by atoms with E-state index in [2.05, 4.69) is 41.3 Å². The highest BCUT2D eigenvalue weighted by molar-refractivity contribution is 5.75. The van der Waals surface area contributed by atoms with E-state index >= 15 is 0 Å². The Morgan fingerprint density at radius 2 is 2.21 bits per heavy atom. The highest BCUT2D eigenvalue weighted by Gasteiger charge is 2.07. The van der Waals surface area contributed by atoms with Gasteiger partial charge < -0.3 is 10.3 Å². The number of fused-ring (bicyclic) bond motifs is 1. The number of rotatable bonds is 2. The molecule has 0 spiro atoms. The Kier molecular flexibility index (Phi) is 2.25. The average Bonchev–Trinajstić information content (AvgIpc) is 2.59. The molecule has 0 amide bonds. The van der Waals surface area contributed by atoms with Gasteiger partial charge in [0.15, 0.2) is 0 Å². The normalized spacial score (nSPS) is 13.4. The number of hydrogen-bond donors (Lipinski definition) is 2. The van der Waals surface area contributed by atoms with Crippen molar-refractivity contribution in [3.8, 4) is 0 Å². The molecule has 1 heterocycles. The molecule has 2 N–H and O–H groups in total. The van der Waals surface area contributed by atoms with E-state index in [1.54, 1.807) is 0 Å². The minimum atomic E-state index is 0.266. The Balaban J connectivity index is 2.51. The maximum Gasteiger partial charge on any atom is 0.124 e. The SMILES string of the molecule is CNC(C)c1nc2ccc(C)cc2[nH]1. The second-order valence-corrected chi connectivity index (χ2v) is 3.65. The van der Waals surface area contributed by atoms with Crippen LogP contribution in [0.1, 0.15) is 24.4 Å². The maximum atomic E-state index is 4.51. The molecular formula is C11H15N3. The predicted molar refractivity (Wildman–Crippen MR) is 58.3 cm³/mol.